The van der Waals surface area contributed by atoms with E-state index in [1.165, 1.54) is 16.9 Å². The van der Waals surface area contributed by atoms with Gasteiger partial charge in [0.25, 0.3) is 0 Å². The molecule has 0 aliphatic rings. The fourth-order valence-corrected chi connectivity index (χ4v) is 1.81. The molecule has 0 atom stereocenters. The number of anilines is 1. The smallest absolute Gasteiger partial charge is 0.224 e. The second-order valence-corrected chi connectivity index (χ2v) is 4.38. The number of carbonyl (C=O) groups excluding carboxylic acids is 1. The summed E-state index contributed by atoms with van der Waals surface area (Å²) >= 11 is 0. The Balaban J connectivity index is 0.00000220. The van der Waals surface area contributed by atoms with E-state index in [-0.39, 0.29) is 24.1 Å². The van der Waals surface area contributed by atoms with Crippen molar-refractivity contribution in [3.05, 3.63) is 42.5 Å². The highest BCUT2D eigenvalue weighted by molar-refractivity contribution is 5.90. The summed E-state index contributed by atoms with van der Waals surface area (Å²) in [6.07, 6.45) is 4.30. The number of nitrogens with one attached hydrogen (secondary N) is 2. The Morgan fingerprint density at radius 3 is 2.86 bits per heavy atom. The minimum Gasteiger partial charge on any atom is -0.323 e. The van der Waals surface area contributed by atoms with Gasteiger partial charge in [0, 0.05) is 6.42 Å². The van der Waals surface area contributed by atoms with Crippen molar-refractivity contribution < 1.29 is 9.18 Å². The predicted molar refractivity (Wildman–Crippen MR) is 82.6 cm³/mol. The maximum Gasteiger partial charge on any atom is 0.224 e. The van der Waals surface area contributed by atoms with Crippen LogP contribution in [0.15, 0.2) is 36.7 Å². The number of aromatic nitrogens is 2. The highest BCUT2D eigenvalue weighted by Crippen LogP contribution is 2.14. The number of amides is 1. The minimum absolute atomic E-state index is 0. The summed E-state index contributed by atoms with van der Waals surface area (Å²) in [7, 11) is 1.84. The van der Waals surface area contributed by atoms with E-state index in [0.29, 0.717) is 17.8 Å². The van der Waals surface area contributed by atoms with Gasteiger partial charge in [-0.2, -0.15) is 5.10 Å². The second kappa shape index (κ2) is 8.39. The van der Waals surface area contributed by atoms with Crippen molar-refractivity contribution in [2.75, 3.05) is 18.9 Å². The van der Waals surface area contributed by atoms with Gasteiger partial charge in [0.2, 0.25) is 5.91 Å². The standard InChI is InChI=1S/C14H17FN4O.ClH/c1-16-8-4-7-14(20)18-11-9-17-19(10-11)13-6-3-2-5-12(13)15;/h2-3,5-6,9-10,16H,4,7-8H2,1H3,(H,18,20);1H. The van der Waals surface area contributed by atoms with Crippen LogP contribution in [-0.4, -0.2) is 29.3 Å². The lowest BCUT2D eigenvalue weighted by Crippen LogP contribution is -2.14. The average Bonchev–Trinajstić information content (AvgIpc) is 2.88. The SMILES string of the molecule is CNCCCC(=O)Nc1cnn(-c2ccccc2F)c1.Cl. The Hall–Kier alpha value is -1.92. The Labute approximate surface area is 129 Å². The molecule has 1 heterocycles. The number of para-hydroxylation sites is 1. The highest BCUT2D eigenvalue weighted by Gasteiger charge is 2.07. The van der Waals surface area contributed by atoms with Gasteiger partial charge in [-0.3, -0.25) is 4.79 Å². The Bertz CT molecular complexity index is 588. The van der Waals surface area contributed by atoms with Gasteiger partial charge in [0.15, 0.2) is 0 Å². The molecule has 0 saturated heterocycles. The fraction of sp³-hybridized carbons (Fsp3) is 0.286. The maximum absolute atomic E-state index is 13.6. The van der Waals surface area contributed by atoms with Crippen molar-refractivity contribution in [2.45, 2.75) is 12.8 Å². The molecule has 2 rings (SSSR count). The van der Waals surface area contributed by atoms with E-state index < -0.39 is 0 Å². The molecule has 0 aliphatic carbocycles. The van der Waals surface area contributed by atoms with Crippen molar-refractivity contribution >= 4 is 24.0 Å². The van der Waals surface area contributed by atoms with Gasteiger partial charge < -0.3 is 10.6 Å². The number of carbonyl (C=O) groups is 1. The van der Waals surface area contributed by atoms with E-state index >= 15 is 0 Å². The Morgan fingerprint density at radius 1 is 1.38 bits per heavy atom. The second-order valence-electron chi connectivity index (χ2n) is 4.38. The van der Waals surface area contributed by atoms with Crippen molar-refractivity contribution in [3.8, 4) is 5.69 Å². The van der Waals surface area contributed by atoms with E-state index in [9.17, 15) is 9.18 Å². The van der Waals surface area contributed by atoms with Crippen molar-refractivity contribution in [1.29, 1.82) is 0 Å². The molecule has 0 aliphatic heterocycles. The van der Waals surface area contributed by atoms with Crippen LogP contribution in [-0.2, 0) is 4.79 Å². The molecule has 2 aromatic rings. The number of halogens is 2. The quantitative estimate of drug-likeness (QED) is 0.805. The molecule has 0 spiro atoms. The maximum atomic E-state index is 13.6. The summed E-state index contributed by atoms with van der Waals surface area (Å²) in [6.45, 7) is 0.794. The number of nitrogens with zero attached hydrogens (tertiary/aromatic N) is 2. The molecule has 0 unspecified atom stereocenters. The van der Waals surface area contributed by atoms with E-state index in [2.05, 4.69) is 15.7 Å². The van der Waals surface area contributed by atoms with E-state index in [4.69, 9.17) is 0 Å². The van der Waals surface area contributed by atoms with Gasteiger partial charge in [0.1, 0.15) is 11.5 Å². The van der Waals surface area contributed by atoms with Gasteiger partial charge in [-0.25, -0.2) is 9.07 Å². The van der Waals surface area contributed by atoms with E-state index in [1.807, 2.05) is 7.05 Å². The molecule has 114 valence electrons. The third kappa shape index (κ3) is 4.84. The molecule has 0 saturated carbocycles. The van der Waals surface area contributed by atoms with Crippen LogP contribution in [0.25, 0.3) is 5.69 Å². The molecule has 5 nitrogen and oxygen atoms in total. The van der Waals surface area contributed by atoms with E-state index in [1.54, 1.807) is 24.4 Å². The van der Waals surface area contributed by atoms with Crippen LogP contribution in [0.5, 0.6) is 0 Å². The lowest BCUT2D eigenvalue weighted by molar-refractivity contribution is -0.116. The summed E-state index contributed by atoms with van der Waals surface area (Å²) < 4.78 is 15.0. The van der Waals surface area contributed by atoms with Crippen LogP contribution in [0.4, 0.5) is 10.1 Å². The molecule has 21 heavy (non-hydrogen) atoms. The minimum atomic E-state index is -0.359. The molecular weight excluding hydrogens is 295 g/mol. The lowest BCUT2D eigenvalue weighted by atomic mass is 10.3. The first-order valence-corrected chi connectivity index (χ1v) is 6.44. The zero-order valence-corrected chi connectivity index (χ0v) is 12.5. The molecule has 0 radical (unpaired) electrons. The first kappa shape index (κ1) is 17.1. The van der Waals surface area contributed by atoms with E-state index in [0.717, 1.165) is 13.0 Å². The van der Waals surface area contributed by atoms with Crippen LogP contribution in [0.2, 0.25) is 0 Å². The monoisotopic (exact) mass is 312 g/mol. The first-order valence-electron chi connectivity index (χ1n) is 6.44. The van der Waals surface area contributed by atoms with Crippen LogP contribution < -0.4 is 10.6 Å². The van der Waals surface area contributed by atoms with Gasteiger partial charge >= 0.3 is 0 Å². The van der Waals surface area contributed by atoms with Crippen LogP contribution in [0.1, 0.15) is 12.8 Å². The molecule has 1 aromatic carbocycles. The number of hydrogen-bond donors (Lipinski definition) is 2. The van der Waals surface area contributed by atoms with Crippen LogP contribution >= 0.6 is 12.4 Å². The third-order valence-corrected chi connectivity index (χ3v) is 2.80. The molecule has 1 aromatic heterocycles. The van der Waals surface area contributed by atoms with Gasteiger partial charge in [-0.15, -0.1) is 12.4 Å². The zero-order valence-electron chi connectivity index (χ0n) is 11.7. The molecular formula is C14H18ClFN4O. The number of rotatable bonds is 6. The highest BCUT2D eigenvalue weighted by atomic mass is 35.5. The summed E-state index contributed by atoms with van der Waals surface area (Å²) in [5.74, 6) is -0.434. The number of benzene rings is 1. The van der Waals surface area contributed by atoms with Crippen LogP contribution in [0, 0.1) is 5.82 Å². The number of hydrogen-bond acceptors (Lipinski definition) is 3. The third-order valence-electron chi connectivity index (χ3n) is 2.80. The summed E-state index contributed by atoms with van der Waals surface area (Å²) in [6, 6.07) is 6.34. The average molecular weight is 313 g/mol. The van der Waals surface area contributed by atoms with Crippen molar-refractivity contribution in [2.24, 2.45) is 0 Å². The van der Waals surface area contributed by atoms with Crippen LogP contribution in [0.3, 0.4) is 0 Å². The lowest BCUT2D eigenvalue weighted by Gasteiger charge is -2.03. The van der Waals surface area contributed by atoms with Gasteiger partial charge in [-0.1, -0.05) is 12.1 Å². The summed E-state index contributed by atoms with van der Waals surface area (Å²) in [5, 5.41) is 9.76. The Morgan fingerprint density at radius 2 is 2.14 bits per heavy atom. The molecule has 0 fully saturated rings. The molecule has 2 N–H and O–H groups in total. The Kier molecular flexibility index (Phi) is 6.84. The first-order chi connectivity index (χ1) is 9.70. The topological polar surface area (TPSA) is 59.0 Å². The molecule has 1 amide bonds. The summed E-state index contributed by atoms with van der Waals surface area (Å²) in [5.41, 5.74) is 0.908. The predicted octanol–water partition coefficient (Wildman–Crippen LogP) is 2.37. The fourth-order valence-electron chi connectivity index (χ4n) is 1.81. The van der Waals surface area contributed by atoms with Gasteiger partial charge in [0.05, 0.1) is 18.1 Å². The normalized spacial score (nSPS) is 10.0. The van der Waals surface area contributed by atoms with Gasteiger partial charge in [-0.05, 0) is 32.1 Å². The largest absolute Gasteiger partial charge is 0.323 e. The van der Waals surface area contributed by atoms with Crippen molar-refractivity contribution in [3.63, 3.8) is 0 Å². The zero-order chi connectivity index (χ0) is 14.4. The molecule has 0 bridgehead atoms. The molecule has 7 heteroatoms. The van der Waals surface area contributed by atoms with Crippen molar-refractivity contribution in [1.82, 2.24) is 15.1 Å². The summed E-state index contributed by atoms with van der Waals surface area (Å²) in [4.78, 5) is 11.6.